The highest BCUT2D eigenvalue weighted by Gasteiger charge is 1.99. The fourth-order valence-corrected chi connectivity index (χ4v) is 1.10. The van der Waals surface area contributed by atoms with Crippen molar-refractivity contribution in [2.75, 3.05) is 31.7 Å². The smallest absolute Gasteiger partial charge is 0.148 e. The molecule has 0 unspecified atom stereocenters. The van der Waals surface area contributed by atoms with Crippen LogP contribution in [0.15, 0.2) is 0 Å². The molecule has 0 aromatic heterocycles. The average molecular weight is 181 g/mol. The monoisotopic (exact) mass is 181 g/mol. The third-order valence-corrected chi connectivity index (χ3v) is 2.11. The van der Waals surface area contributed by atoms with E-state index in [1.807, 2.05) is 0 Å². The first kappa shape index (κ1) is 10.9. The Morgan fingerprint density at radius 2 is 2.00 bits per heavy atom. The summed E-state index contributed by atoms with van der Waals surface area (Å²) in [6.07, 6.45) is 1.88. The highest BCUT2D eigenvalue weighted by Crippen LogP contribution is 1.79. The Balaban J connectivity index is 3.16. The van der Waals surface area contributed by atoms with Gasteiger partial charge in [-0.3, -0.25) is 0 Å². The molecule has 0 atom stereocenters. The topological polar surface area (TPSA) is 66.4 Å². The molecule has 0 aromatic carbocycles. The molecule has 2 N–H and O–H groups in total. The molecular weight excluding hydrogens is 166 g/mol. The van der Waals surface area contributed by atoms with Crippen molar-refractivity contribution in [3.8, 4) is 0 Å². The van der Waals surface area contributed by atoms with Crippen LogP contribution in [0.1, 0.15) is 6.42 Å². The minimum Gasteiger partial charge on any atom is -0.396 e. The average Bonchev–Trinajstić information content (AvgIpc) is 1.85. The molecule has 0 radical (unpaired) electrons. The lowest BCUT2D eigenvalue weighted by Gasteiger charge is -2.00. The minimum absolute atomic E-state index is 0.145. The van der Waals surface area contributed by atoms with Crippen molar-refractivity contribution in [3.05, 3.63) is 0 Å². The zero-order valence-electron chi connectivity index (χ0n) is 6.71. The summed E-state index contributed by atoms with van der Waals surface area (Å²) >= 11 is 0. The molecule has 4 nitrogen and oxygen atoms in total. The molecule has 0 aliphatic carbocycles. The quantitative estimate of drug-likeness (QED) is 0.516. The zero-order valence-corrected chi connectivity index (χ0v) is 7.52. The Kier molecular flexibility index (Phi) is 5.45. The lowest BCUT2D eigenvalue weighted by Crippen LogP contribution is -2.23. The third-order valence-electron chi connectivity index (χ3n) is 1.16. The van der Waals surface area contributed by atoms with E-state index in [2.05, 4.69) is 5.32 Å². The molecule has 0 saturated heterocycles. The van der Waals surface area contributed by atoms with Crippen LogP contribution in [0.2, 0.25) is 0 Å². The number of rotatable bonds is 6. The van der Waals surface area contributed by atoms with Gasteiger partial charge in [0.25, 0.3) is 0 Å². The van der Waals surface area contributed by atoms with Gasteiger partial charge in [-0.25, -0.2) is 8.42 Å². The lowest BCUT2D eigenvalue weighted by atomic mass is 10.4. The van der Waals surface area contributed by atoms with E-state index in [-0.39, 0.29) is 12.4 Å². The SMILES string of the molecule is CS(=O)(=O)CCNCCCO. The maximum absolute atomic E-state index is 10.6. The van der Waals surface area contributed by atoms with E-state index >= 15 is 0 Å². The zero-order chi connectivity index (χ0) is 8.74. The van der Waals surface area contributed by atoms with E-state index in [9.17, 15) is 8.42 Å². The third kappa shape index (κ3) is 9.87. The van der Waals surface area contributed by atoms with Gasteiger partial charge in [-0.05, 0) is 13.0 Å². The van der Waals surface area contributed by atoms with E-state index in [4.69, 9.17) is 5.11 Å². The molecule has 0 heterocycles. The predicted octanol–water partition coefficient (Wildman–Crippen LogP) is -0.997. The van der Waals surface area contributed by atoms with Gasteiger partial charge in [-0.1, -0.05) is 0 Å². The molecule has 68 valence electrons. The van der Waals surface area contributed by atoms with E-state index in [1.54, 1.807) is 0 Å². The van der Waals surface area contributed by atoms with Gasteiger partial charge in [0.15, 0.2) is 0 Å². The van der Waals surface area contributed by atoms with E-state index < -0.39 is 9.84 Å². The Labute approximate surface area is 67.5 Å². The Morgan fingerprint density at radius 3 is 2.45 bits per heavy atom. The molecule has 11 heavy (non-hydrogen) atoms. The van der Waals surface area contributed by atoms with Gasteiger partial charge in [0.2, 0.25) is 0 Å². The largest absolute Gasteiger partial charge is 0.396 e. The highest BCUT2D eigenvalue weighted by molar-refractivity contribution is 7.90. The van der Waals surface area contributed by atoms with Crippen molar-refractivity contribution in [1.82, 2.24) is 5.32 Å². The lowest BCUT2D eigenvalue weighted by molar-refractivity contribution is 0.286. The molecular formula is C6H15NO3S. The Morgan fingerprint density at radius 1 is 1.36 bits per heavy atom. The fourth-order valence-electron chi connectivity index (χ4n) is 0.587. The summed E-state index contributed by atoms with van der Waals surface area (Å²) in [6.45, 7) is 1.29. The number of hydrogen-bond acceptors (Lipinski definition) is 4. The molecule has 0 aromatic rings. The van der Waals surface area contributed by atoms with Crippen LogP contribution >= 0.6 is 0 Å². The number of nitrogens with one attached hydrogen (secondary N) is 1. The molecule has 0 spiro atoms. The molecule has 0 rings (SSSR count). The van der Waals surface area contributed by atoms with Gasteiger partial charge in [0, 0.05) is 19.4 Å². The van der Waals surface area contributed by atoms with Crippen molar-refractivity contribution < 1.29 is 13.5 Å². The second-order valence-corrected chi connectivity index (χ2v) is 4.72. The Hall–Kier alpha value is -0.130. The van der Waals surface area contributed by atoms with Crippen LogP contribution in [0.25, 0.3) is 0 Å². The van der Waals surface area contributed by atoms with Crippen LogP contribution in [0.4, 0.5) is 0 Å². The summed E-state index contributed by atoms with van der Waals surface area (Å²) in [5, 5.41) is 11.3. The van der Waals surface area contributed by atoms with Crippen LogP contribution in [0.5, 0.6) is 0 Å². The van der Waals surface area contributed by atoms with E-state index in [0.717, 1.165) is 0 Å². The summed E-state index contributed by atoms with van der Waals surface area (Å²) in [5.74, 6) is 0.165. The normalized spacial score (nSPS) is 11.8. The predicted molar refractivity (Wildman–Crippen MR) is 44.3 cm³/mol. The van der Waals surface area contributed by atoms with Crippen molar-refractivity contribution in [3.63, 3.8) is 0 Å². The summed E-state index contributed by atoms with van der Waals surface area (Å²) < 4.78 is 21.1. The van der Waals surface area contributed by atoms with Gasteiger partial charge in [0.1, 0.15) is 9.84 Å². The standard InChI is InChI=1S/C6H15NO3S/c1-11(9,10)6-4-7-3-2-5-8/h7-8H,2-6H2,1H3. The minimum atomic E-state index is -2.84. The van der Waals surface area contributed by atoms with Crippen LogP contribution in [-0.2, 0) is 9.84 Å². The van der Waals surface area contributed by atoms with Gasteiger partial charge >= 0.3 is 0 Å². The van der Waals surface area contributed by atoms with Crippen molar-refractivity contribution in [2.24, 2.45) is 0 Å². The van der Waals surface area contributed by atoms with Crippen LogP contribution in [-0.4, -0.2) is 45.2 Å². The second-order valence-electron chi connectivity index (χ2n) is 2.46. The van der Waals surface area contributed by atoms with Gasteiger partial charge in [0.05, 0.1) is 5.75 Å². The summed E-state index contributed by atoms with van der Waals surface area (Å²) in [6, 6.07) is 0. The first-order valence-electron chi connectivity index (χ1n) is 3.55. The fraction of sp³-hybridized carbons (Fsp3) is 1.00. The maximum atomic E-state index is 10.6. The number of hydrogen-bond donors (Lipinski definition) is 2. The van der Waals surface area contributed by atoms with Crippen LogP contribution < -0.4 is 5.32 Å². The molecule has 0 bridgehead atoms. The van der Waals surface area contributed by atoms with Crippen LogP contribution in [0, 0.1) is 0 Å². The first-order chi connectivity index (χ1) is 5.06. The first-order valence-corrected chi connectivity index (χ1v) is 5.61. The van der Waals surface area contributed by atoms with Crippen molar-refractivity contribution in [1.29, 1.82) is 0 Å². The number of aliphatic hydroxyl groups excluding tert-OH is 1. The van der Waals surface area contributed by atoms with Gasteiger partial charge in [-0.2, -0.15) is 0 Å². The molecule has 0 aliphatic rings. The van der Waals surface area contributed by atoms with Gasteiger partial charge in [-0.15, -0.1) is 0 Å². The summed E-state index contributed by atoms with van der Waals surface area (Å²) in [5.41, 5.74) is 0. The molecule has 0 fully saturated rings. The number of aliphatic hydroxyl groups is 1. The van der Waals surface area contributed by atoms with Gasteiger partial charge < -0.3 is 10.4 Å². The molecule has 0 saturated carbocycles. The van der Waals surface area contributed by atoms with E-state index in [0.29, 0.717) is 19.5 Å². The molecule has 5 heteroatoms. The maximum Gasteiger partial charge on any atom is 0.148 e. The summed E-state index contributed by atoms with van der Waals surface area (Å²) in [7, 11) is -2.84. The van der Waals surface area contributed by atoms with E-state index in [1.165, 1.54) is 6.26 Å². The van der Waals surface area contributed by atoms with Crippen molar-refractivity contribution in [2.45, 2.75) is 6.42 Å². The number of sulfone groups is 1. The molecule has 0 amide bonds. The van der Waals surface area contributed by atoms with Crippen molar-refractivity contribution >= 4 is 9.84 Å². The Bertz CT molecular complexity index is 176. The van der Waals surface area contributed by atoms with Crippen LogP contribution in [0.3, 0.4) is 0 Å². The molecule has 0 aliphatic heterocycles. The highest BCUT2D eigenvalue weighted by atomic mass is 32.2. The summed E-state index contributed by atoms with van der Waals surface area (Å²) in [4.78, 5) is 0. The second kappa shape index (κ2) is 5.51.